The van der Waals surface area contributed by atoms with Crippen LogP contribution in [0.5, 0.6) is 0 Å². The fraction of sp³-hybridized carbons (Fsp3) is 0.552. The Balaban J connectivity index is 0. The summed E-state index contributed by atoms with van der Waals surface area (Å²) in [4.78, 5) is 3.62. The van der Waals surface area contributed by atoms with Crippen LogP contribution < -0.4 is 55.1 Å². The number of ether oxygens (including phenoxy) is 2. The third-order valence-corrected chi connectivity index (χ3v) is 5.62. The van der Waals surface area contributed by atoms with E-state index in [9.17, 15) is 0 Å². The first-order valence-electron chi connectivity index (χ1n) is 12.5. The van der Waals surface area contributed by atoms with E-state index in [1.807, 2.05) is 12.1 Å². The van der Waals surface area contributed by atoms with E-state index in [4.69, 9.17) is 14.8 Å². The van der Waals surface area contributed by atoms with Crippen LogP contribution in [0.15, 0.2) is 60.7 Å². The number of amidine groups is 1. The fourth-order valence-corrected chi connectivity index (χ4v) is 3.50. The van der Waals surface area contributed by atoms with E-state index in [2.05, 4.69) is 88.1 Å². The average Bonchev–Trinajstić information content (AvgIpc) is 3.58. The van der Waals surface area contributed by atoms with Gasteiger partial charge in [-0.15, -0.1) is 0 Å². The summed E-state index contributed by atoms with van der Waals surface area (Å²) in [5.41, 5.74) is 2.49. The van der Waals surface area contributed by atoms with Gasteiger partial charge >= 0.3 is 37.7 Å². The normalized spacial score (nSPS) is 16.3. The summed E-state index contributed by atoms with van der Waals surface area (Å²) in [5.74, 6) is 1.05. The van der Waals surface area contributed by atoms with Crippen molar-refractivity contribution >= 4 is 5.84 Å². The molecule has 1 N–H and O–H groups in total. The SMILES string of the molecule is C1CCOC1.C1CCOC1.C[C@H]([N-]C(=[NH+][C@@H](C)c1ccccc1)C(C)(C)C)c1ccccc1.[Cl-].[Li+].[Li+]. The van der Waals surface area contributed by atoms with Gasteiger partial charge in [-0.25, -0.2) is 0 Å². The van der Waals surface area contributed by atoms with Gasteiger partial charge in [-0.1, -0.05) is 81.4 Å². The van der Waals surface area contributed by atoms with Gasteiger partial charge in [0.1, 0.15) is 5.84 Å². The quantitative estimate of drug-likeness (QED) is 0.276. The van der Waals surface area contributed by atoms with Gasteiger partial charge in [0, 0.05) is 37.9 Å². The molecule has 2 aliphatic rings. The third-order valence-electron chi connectivity index (χ3n) is 5.62. The molecule has 2 atom stereocenters. The number of rotatable bonds is 4. The third kappa shape index (κ3) is 15.5. The zero-order chi connectivity index (χ0) is 23.9. The summed E-state index contributed by atoms with van der Waals surface area (Å²) >= 11 is 0. The average molecular weight is 502 g/mol. The van der Waals surface area contributed by atoms with Gasteiger partial charge in [-0.2, -0.15) is 0 Å². The molecule has 2 aromatic rings. The standard InChI is InChI=1S/C21H27N2.2C4H8O.ClH.2Li/c1-16(18-12-8-6-9-13-18)22-20(21(3,4)5)23-17(2)19-14-10-7-11-15-19;2*1-2-4-5-3-1;;;/h6-17H,1-5H3;2*1-4H2;1H;;/q-1;;;;2*+1/t16-,17-;;;;;/m0...../s1. The van der Waals surface area contributed by atoms with E-state index >= 15 is 0 Å². The topological polar surface area (TPSA) is 46.5 Å². The van der Waals surface area contributed by atoms with Gasteiger partial charge in [-0.05, 0) is 50.7 Å². The molecule has 4 rings (SSSR count). The van der Waals surface area contributed by atoms with Crippen LogP contribution in [0.25, 0.3) is 5.32 Å². The van der Waals surface area contributed by atoms with Gasteiger partial charge in [0.2, 0.25) is 0 Å². The molecule has 2 aliphatic heterocycles. The van der Waals surface area contributed by atoms with Crippen molar-refractivity contribution in [3.05, 3.63) is 77.1 Å². The van der Waals surface area contributed by atoms with Gasteiger partial charge < -0.3 is 26.9 Å². The molecule has 0 saturated carbocycles. The Kier molecular flexibility index (Phi) is 22.1. The van der Waals surface area contributed by atoms with Crippen LogP contribution in [0.1, 0.15) is 83.5 Å². The summed E-state index contributed by atoms with van der Waals surface area (Å²) in [6.45, 7) is 14.9. The van der Waals surface area contributed by atoms with Crippen LogP contribution in [0.2, 0.25) is 0 Å². The van der Waals surface area contributed by atoms with Crippen molar-refractivity contribution in [2.24, 2.45) is 5.41 Å². The summed E-state index contributed by atoms with van der Waals surface area (Å²) in [7, 11) is 0. The molecule has 190 valence electrons. The van der Waals surface area contributed by atoms with Gasteiger partial charge in [0.25, 0.3) is 0 Å². The predicted octanol–water partition coefficient (Wildman–Crippen LogP) is -2.99. The van der Waals surface area contributed by atoms with Crippen molar-refractivity contribution in [1.29, 1.82) is 0 Å². The van der Waals surface area contributed by atoms with Gasteiger partial charge in [-0.3, -0.25) is 5.32 Å². The van der Waals surface area contributed by atoms with Crippen molar-refractivity contribution in [1.82, 2.24) is 0 Å². The number of hydrogen-bond donors (Lipinski definition) is 1. The van der Waals surface area contributed by atoms with Crippen molar-refractivity contribution < 1.29 is 64.6 Å². The molecule has 0 aromatic heterocycles. The minimum Gasteiger partial charge on any atom is -1.00 e. The first-order chi connectivity index (χ1) is 15.9. The summed E-state index contributed by atoms with van der Waals surface area (Å²) in [6, 6.07) is 21.3. The van der Waals surface area contributed by atoms with E-state index in [1.165, 1.54) is 36.8 Å². The number of benzene rings is 2. The van der Waals surface area contributed by atoms with Crippen LogP contribution >= 0.6 is 0 Å². The maximum Gasteiger partial charge on any atom is 1.00 e. The molecular weight excluding hydrogens is 458 g/mol. The monoisotopic (exact) mass is 501 g/mol. The first-order valence-corrected chi connectivity index (χ1v) is 12.5. The van der Waals surface area contributed by atoms with Crippen LogP contribution in [-0.4, -0.2) is 32.3 Å². The molecule has 0 unspecified atom stereocenters. The Labute approximate surface area is 250 Å². The summed E-state index contributed by atoms with van der Waals surface area (Å²) in [5, 5.41) is 4.99. The van der Waals surface area contributed by atoms with Crippen molar-refractivity contribution in [3.8, 4) is 0 Å². The molecule has 0 aliphatic carbocycles. The Morgan fingerprint density at radius 3 is 1.44 bits per heavy atom. The summed E-state index contributed by atoms with van der Waals surface area (Å²) in [6.07, 6.45) is 5.11. The molecule has 36 heavy (non-hydrogen) atoms. The second-order valence-corrected chi connectivity index (χ2v) is 9.73. The van der Waals surface area contributed by atoms with Crippen molar-refractivity contribution in [3.63, 3.8) is 0 Å². The second kappa shape index (κ2) is 21.3. The predicted molar refractivity (Wildman–Crippen MR) is 139 cm³/mol. The Morgan fingerprint density at radius 2 is 1.11 bits per heavy atom. The van der Waals surface area contributed by atoms with Crippen LogP contribution in [0.4, 0.5) is 0 Å². The van der Waals surface area contributed by atoms with Crippen LogP contribution in [-0.2, 0) is 9.47 Å². The number of halogens is 1. The summed E-state index contributed by atoms with van der Waals surface area (Å²) < 4.78 is 9.89. The molecule has 4 nitrogen and oxygen atoms in total. The molecule has 0 spiro atoms. The second-order valence-electron chi connectivity index (χ2n) is 9.73. The maximum atomic E-state index is 4.99. The Hall–Kier alpha value is -0.685. The number of nitrogens with zero attached hydrogens (tertiary/aromatic N) is 1. The Morgan fingerprint density at radius 1 is 0.722 bits per heavy atom. The van der Waals surface area contributed by atoms with E-state index in [-0.39, 0.29) is 67.6 Å². The minimum absolute atomic E-state index is 0. The van der Waals surface area contributed by atoms with Crippen LogP contribution in [0.3, 0.4) is 0 Å². The Bertz CT molecular complexity index is 769. The van der Waals surface area contributed by atoms with E-state index < -0.39 is 0 Å². The smallest absolute Gasteiger partial charge is 1.00 e. The molecule has 2 aromatic carbocycles. The molecule has 0 radical (unpaired) electrons. The molecule has 2 heterocycles. The van der Waals surface area contributed by atoms with E-state index in [0.29, 0.717) is 0 Å². The van der Waals surface area contributed by atoms with Crippen molar-refractivity contribution in [2.75, 3.05) is 26.4 Å². The number of nitrogens with one attached hydrogen (secondary N) is 1. The number of hydrogen-bond acceptors (Lipinski definition) is 2. The van der Waals surface area contributed by atoms with E-state index in [0.717, 1.165) is 32.3 Å². The molecule has 2 saturated heterocycles. The molecule has 0 bridgehead atoms. The molecular formula is C29H44ClLi2N2O2+. The van der Waals surface area contributed by atoms with Crippen molar-refractivity contribution in [2.45, 2.75) is 72.4 Å². The maximum absolute atomic E-state index is 4.99. The largest absolute Gasteiger partial charge is 1.00 e. The fourth-order valence-electron chi connectivity index (χ4n) is 3.50. The minimum atomic E-state index is -0.0217. The zero-order valence-corrected chi connectivity index (χ0v) is 24.5. The van der Waals surface area contributed by atoms with Crippen LogP contribution in [0, 0.1) is 5.41 Å². The van der Waals surface area contributed by atoms with E-state index in [1.54, 1.807) is 0 Å². The molecule has 2 fully saturated rings. The molecule has 0 amide bonds. The molecule has 7 heteroatoms. The first kappa shape index (κ1) is 37.5. The van der Waals surface area contributed by atoms with Gasteiger partial charge in [0.15, 0.2) is 0 Å². The zero-order valence-electron chi connectivity index (χ0n) is 23.7. The van der Waals surface area contributed by atoms with Gasteiger partial charge in [0.05, 0.1) is 6.04 Å².